The van der Waals surface area contributed by atoms with Gasteiger partial charge in [0.25, 0.3) is 5.91 Å². The summed E-state index contributed by atoms with van der Waals surface area (Å²) in [6.45, 7) is 1.92. The largest absolute Gasteiger partial charge is 0.342 e. The molecule has 0 aliphatic rings. The summed E-state index contributed by atoms with van der Waals surface area (Å²) >= 11 is 2.93. The number of rotatable bonds is 5. The number of aromatic nitrogens is 1. The van der Waals surface area contributed by atoms with Gasteiger partial charge in [0.1, 0.15) is 5.01 Å². The Morgan fingerprint density at radius 2 is 2.04 bits per heavy atom. The van der Waals surface area contributed by atoms with Gasteiger partial charge in [0, 0.05) is 7.05 Å². The lowest BCUT2D eigenvalue weighted by Crippen LogP contribution is -2.39. The molecule has 1 N–H and O–H groups in total. The number of carbonyl (C=O) groups excluding carboxylic acids is 2. The lowest BCUT2D eigenvalue weighted by molar-refractivity contribution is -0.130. The van der Waals surface area contributed by atoms with Crippen molar-refractivity contribution in [1.82, 2.24) is 15.2 Å². The zero-order chi connectivity index (χ0) is 17.1. The third-order valence-electron chi connectivity index (χ3n) is 3.79. The molecule has 24 heavy (non-hydrogen) atoms. The molecule has 2 aromatic heterocycles. The number of hydrogen-bond donors (Lipinski definition) is 1. The van der Waals surface area contributed by atoms with Crippen LogP contribution in [0, 0.1) is 0 Å². The molecule has 1 aromatic carbocycles. The number of likely N-dealkylation sites (N-methyl/N-ethyl adjacent to an activating group) is 1. The van der Waals surface area contributed by atoms with E-state index in [9.17, 15) is 9.59 Å². The summed E-state index contributed by atoms with van der Waals surface area (Å²) in [5.41, 5.74) is 0.941. The lowest BCUT2D eigenvalue weighted by Gasteiger charge is -2.23. The molecule has 3 rings (SSSR count). The normalized spacial score (nSPS) is 12.1. The summed E-state index contributed by atoms with van der Waals surface area (Å²) < 4.78 is 1.10. The number of thiazole rings is 1. The van der Waals surface area contributed by atoms with Gasteiger partial charge in [-0.2, -0.15) is 0 Å². The summed E-state index contributed by atoms with van der Waals surface area (Å²) in [4.78, 5) is 31.1. The molecular formula is C17H17N3O2S2. The number of nitrogens with one attached hydrogen (secondary N) is 1. The van der Waals surface area contributed by atoms with Gasteiger partial charge in [-0.05, 0) is 30.5 Å². The molecule has 5 nitrogen and oxygen atoms in total. The first-order chi connectivity index (χ1) is 11.6. The Kier molecular flexibility index (Phi) is 4.92. The molecule has 124 valence electrons. The van der Waals surface area contributed by atoms with Gasteiger partial charge in [0.05, 0.1) is 27.7 Å². The molecule has 0 saturated heterocycles. The van der Waals surface area contributed by atoms with Crippen molar-refractivity contribution in [2.45, 2.75) is 13.0 Å². The second kappa shape index (κ2) is 7.11. The van der Waals surface area contributed by atoms with Crippen molar-refractivity contribution < 1.29 is 9.59 Å². The second-order valence-corrected chi connectivity index (χ2v) is 7.37. The highest BCUT2D eigenvalue weighted by atomic mass is 32.1. The summed E-state index contributed by atoms with van der Waals surface area (Å²) in [6.07, 6.45) is 0. The van der Waals surface area contributed by atoms with Gasteiger partial charge in [0.2, 0.25) is 5.91 Å². The molecule has 0 saturated carbocycles. The van der Waals surface area contributed by atoms with E-state index in [2.05, 4.69) is 10.3 Å². The van der Waals surface area contributed by atoms with Crippen molar-refractivity contribution in [2.24, 2.45) is 0 Å². The average Bonchev–Trinajstić information content (AvgIpc) is 3.26. The van der Waals surface area contributed by atoms with Gasteiger partial charge >= 0.3 is 0 Å². The Morgan fingerprint density at radius 3 is 2.75 bits per heavy atom. The van der Waals surface area contributed by atoms with Crippen molar-refractivity contribution >= 4 is 44.7 Å². The van der Waals surface area contributed by atoms with E-state index in [4.69, 9.17) is 0 Å². The number of nitrogens with zero attached hydrogens (tertiary/aromatic N) is 2. The first-order valence-corrected chi connectivity index (χ1v) is 9.18. The highest BCUT2D eigenvalue weighted by Gasteiger charge is 2.21. The molecular weight excluding hydrogens is 342 g/mol. The van der Waals surface area contributed by atoms with E-state index in [-0.39, 0.29) is 24.4 Å². The third kappa shape index (κ3) is 3.47. The van der Waals surface area contributed by atoms with Crippen molar-refractivity contribution in [3.63, 3.8) is 0 Å². The zero-order valence-corrected chi connectivity index (χ0v) is 15.0. The van der Waals surface area contributed by atoms with E-state index in [0.29, 0.717) is 4.88 Å². The first-order valence-electron chi connectivity index (χ1n) is 7.49. The highest BCUT2D eigenvalue weighted by molar-refractivity contribution is 7.18. The smallest absolute Gasteiger partial charge is 0.261 e. The van der Waals surface area contributed by atoms with E-state index < -0.39 is 0 Å². The maximum atomic E-state index is 12.3. The van der Waals surface area contributed by atoms with E-state index in [0.717, 1.165) is 15.2 Å². The fourth-order valence-electron chi connectivity index (χ4n) is 2.23. The van der Waals surface area contributed by atoms with Crippen LogP contribution in [0.4, 0.5) is 0 Å². The number of benzene rings is 1. The summed E-state index contributed by atoms with van der Waals surface area (Å²) in [5.74, 6) is -0.369. The molecule has 0 bridgehead atoms. The molecule has 0 radical (unpaired) electrons. The van der Waals surface area contributed by atoms with Crippen molar-refractivity contribution in [3.8, 4) is 0 Å². The van der Waals surface area contributed by atoms with Gasteiger partial charge < -0.3 is 10.2 Å². The standard InChI is InChI=1S/C17H17N3O2S2/c1-11(17-19-12-6-3-4-7-13(12)24-17)20(2)15(21)10-18-16(22)14-8-5-9-23-14/h3-9,11H,10H2,1-2H3,(H,18,22)/t11-/m1/s1. The monoisotopic (exact) mass is 359 g/mol. The quantitative estimate of drug-likeness (QED) is 0.760. The van der Waals surface area contributed by atoms with Gasteiger partial charge in [-0.1, -0.05) is 18.2 Å². The van der Waals surface area contributed by atoms with Crippen LogP contribution >= 0.6 is 22.7 Å². The van der Waals surface area contributed by atoms with E-state index in [1.165, 1.54) is 11.3 Å². The molecule has 0 fully saturated rings. The molecule has 7 heteroatoms. The number of carbonyl (C=O) groups is 2. The second-order valence-electron chi connectivity index (χ2n) is 5.36. The van der Waals surface area contributed by atoms with Crippen molar-refractivity contribution in [2.75, 3.05) is 13.6 Å². The highest BCUT2D eigenvalue weighted by Crippen LogP contribution is 2.28. The van der Waals surface area contributed by atoms with Crippen LogP contribution in [0.3, 0.4) is 0 Å². The van der Waals surface area contributed by atoms with Crippen LogP contribution in [0.15, 0.2) is 41.8 Å². The molecule has 0 aliphatic carbocycles. The van der Waals surface area contributed by atoms with Crippen molar-refractivity contribution in [1.29, 1.82) is 0 Å². The van der Waals surface area contributed by atoms with Crippen molar-refractivity contribution in [3.05, 3.63) is 51.7 Å². The first kappa shape index (κ1) is 16.6. The number of fused-ring (bicyclic) bond motifs is 1. The number of amides is 2. The minimum Gasteiger partial charge on any atom is -0.342 e. The SMILES string of the molecule is C[C@H](c1nc2ccccc2s1)N(C)C(=O)CNC(=O)c1cccs1. The summed E-state index contributed by atoms with van der Waals surface area (Å²) in [5, 5.41) is 5.38. The molecule has 0 unspecified atom stereocenters. The molecule has 3 aromatic rings. The van der Waals surface area contributed by atoms with Crippen LogP contribution < -0.4 is 5.32 Å². The fourth-order valence-corrected chi connectivity index (χ4v) is 3.93. The molecule has 0 aliphatic heterocycles. The summed E-state index contributed by atoms with van der Waals surface area (Å²) in [6, 6.07) is 11.3. The van der Waals surface area contributed by atoms with Crippen LogP contribution in [0.5, 0.6) is 0 Å². The molecule has 0 spiro atoms. The maximum Gasteiger partial charge on any atom is 0.261 e. The van der Waals surface area contributed by atoms with Crippen LogP contribution in [-0.4, -0.2) is 35.3 Å². The van der Waals surface area contributed by atoms with Crippen LogP contribution in [0.1, 0.15) is 27.6 Å². The van der Waals surface area contributed by atoms with E-state index in [1.54, 1.807) is 29.4 Å². The average molecular weight is 359 g/mol. The molecule has 1 atom stereocenters. The van der Waals surface area contributed by atoms with Gasteiger partial charge in [-0.15, -0.1) is 22.7 Å². The Bertz CT molecular complexity index is 825. The van der Waals surface area contributed by atoms with Gasteiger partial charge in [-0.3, -0.25) is 9.59 Å². The van der Waals surface area contributed by atoms with Crippen LogP contribution in [-0.2, 0) is 4.79 Å². The topological polar surface area (TPSA) is 62.3 Å². The predicted molar refractivity (Wildman–Crippen MR) is 97.5 cm³/mol. The van der Waals surface area contributed by atoms with E-state index in [1.807, 2.05) is 42.6 Å². The minimum absolute atomic E-state index is 0.0253. The molecule has 2 amide bonds. The maximum absolute atomic E-state index is 12.3. The van der Waals surface area contributed by atoms with Gasteiger partial charge in [-0.25, -0.2) is 4.98 Å². The third-order valence-corrected chi connectivity index (χ3v) is 5.86. The Balaban J connectivity index is 1.63. The zero-order valence-electron chi connectivity index (χ0n) is 13.4. The Morgan fingerprint density at radius 1 is 1.25 bits per heavy atom. The summed E-state index contributed by atoms with van der Waals surface area (Å²) in [7, 11) is 1.73. The minimum atomic E-state index is -0.223. The number of thiophene rings is 1. The van der Waals surface area contributed by atoms with E-state index >= 15 is 0 Å². The Hall–Kier alpha value is -2.25. The number of hydrogen-bond acceptors (Lipinski definition) is 5. The number of para-hydroxylation sites is 1. The Labute approximate surface area is 147 Å². The molecule has 2 heterocycles. The predicted octanol–water partition coefficient (Wildman–Crippen LogP) is 3.31. The lowest BCUT2D eigenvalue weighted by atomic mass is 10.3. The fraction of sp³-hybridized carbons (Fsp3) is 0.235. The van der Waals surface area contributed by atoms with Crippen LogP contribution in [0.25, 0.3) is 10.2 Å². The van der Waals surface area contributed by atoms with Gasteiger partial charge in [0.15, 0.2) is 0 Å². The van der Waals surface area contributed by atoms with Crippen LogP contribution in [0.2, 0.25) is 0 Å².